The largest absolute Gasteiger partial charge is 0.493 e. The van der Waals surface area contributed by atoms with Crippen LogP contribution < -0.4 is 13.8 Å². The van der Waals surface area contributed by atoms with Gasteiger partial charge in [0.2, 0.25) is 10.0 Å². The normalized spacial score (nSPS) is 11.0. The molecule has 1 aromatic carbocycles. The molecule has 0 fully saturated rings. The van der Waals surface area contributed by atoms with Gasteiger partial charge in [-0.15, -0.1) is 0 Å². The Balaban J connectivity index is 3.62. The highest BCUT2D eigenvalue weighted by Gasteiger charge is 2.24. The van der Waals surface area contributed by atoms with Gasteiger partial charge < -0.3 is 14.6 Å². The molecule has 8 heteroatoms. The summed E-state index contributed by atoms with van der Waals surface area (Å²) < 4.78 is 34.6. The van der Waals surface area contributed by atoms with Crippen molar-refractivity contribution in [1.82, 2.24) is 0 Å². The monoisotopic (exact) mass is 303 g/mol. The average molecular weight is 303 g/mol. The van der Waals surface area contributed by atoms with Crippen LogP contribution in [0, 0.1) is 0 Å². The molecule has 0 bridgehead atoms. The number of aromatic carboxylic acids is 1. The lowest BCUT2D eigenvalue weighted by molar-refractivity contribution is 0.0697. The van der Waals surface area contributed by atoms with E-state index in [1.165, 1.54) is 26.4 Å². The average Bonchev–Trinajstić information content (AvgIpc) is 2.36. The SMILES string of the molecule is CCN(c1cc(OC)c(OC)cc1C(=O)O)S(C)(=O)=O. The summed E-state index contributed by atoms with van der Waals surface area (Å²) in [5, 5.41) is 9.24. The third-order valence-corrected chi connectivity index (χ3v) is 3.94. The van der Waals surface area contributed by atoms with E-state index in [1.54, 1.807) is 6.92 Å². The molecule has 0 heterocycles. The Hall–Kier alpha value is -1.96. The number of ether oxygens (including phenoxy) is 2. The first-order valence-electron chi connectivity index (χ1n) is 5.73. The third kappa shape index (κ3) is 3.13. The van der Waals surface area contributed by atoms with Crippen LogP contribution in [0.3, 0.4) is 0 Å². The number of rotatable bonds is 6. The van der Waals surface area contributed by atoms with E-state index in [0.29, 0.717) is 0 Å². The fourth-order valence-electron chi connectivity index (χ4n) is 1.83. The molecule has 0 aliphatic heterocycles. The summed E-state index contributed by atoms with van der Waals surface area (Å²) in [6.45, 7) is 1.72. The second-order valence-electron chi connectivity index (χ2n) is 3.96. The van der Waals surface area contributed by atoms with E-state index < -0.39 is 16.0 Å². The van der Waals surface area contributed by atoms with Crippen LogP contribution in [0.5, 0.6) is 11.5 Å². The Morgan fingerprint density at radius 3 is 2.10 bits per heavy atom. The maximum atomic E-state index is 11.8. The molecule has 0 atom stereocenters. The molecule has 0 saturated carbocycles. The number of sulfonamides is 1. The number of anilines is 1. The van der Waals surface area contributed by atoms with Gasteiger partial charge in [-0.25, -0.2) is 13.2 Å². The van der Waals surface area contributed by atoms with Crippen molar-refractivity contribution in [3.05, 3.63) is 17.7 Å². The number of carboxylic acid groups (broad SMARTS) is 1. The highest BCUT2D eigenvalue weighted by Crippen LogP contribution is 2.36. The van der Waals surface area contributed by atoms with E-state index in [0.717, 1.165) is 10.6 Å². The molecule has 0 radical (unpaired) electrons. The summed E-state index contributed by atoms with van der Waals surface area (Å²) >= 11 is 0. The molecule has 0 aliphatic rings. The number of methoxy groups -OCH3 is 2. The van der Waals surface area contributed by atoms with E-state index in [-0.39, 0.29) is 29.3 Å². The minimum atomic E-state index is -3.59. The molecule has 0 spiro atoms. The minimum absolute atomic E-state index is 0.0418. The Bertz CT molecular complexity index is 611. The summed E-state index contributed by atoms with van der Waals surface area (Å²) in [4.78, 5) is 11.3. The molecule has 7 nitrogen and oxygen atoms in total. The second kappa shape index (κ2) is 6.00. The summed E-state index contributed by atoms with van der Waals surface area (Å²) in [7, 11) is -0.835. The molecule has 0 aliphatic carbocycles. The third-order valence-electron chi connectivity index (χ3n) is 2.69. The first-order chi connectivity index (χ1) is 9.26. The predicted octanol–water partition coefficient (Wildman–Crippen LogP) is 1.19. The predicted molar refractivity (Wildman–Crippen MR) is 74.4 cm³/mol. The van der Waals surface area contributed by atoms with Crippen molar-refractivity contribution in [2.45, 2.75) is 6.92 Å². The first kappa shape index (κ1) is 16.1. The number of benzene rings is 1. The molecule has 112 valence electrons. The first-order valence-corrected chi connectivity index (χ1v) is 7.58. The molecule has 0 unspecified atom stereocenters. The highest BCUT2D eigenvalue weighted by atomic mass is 32.2. The Labute approximate surface area is 117 Å². The van der Waals surface area contributed by atoms with Crippen LogP contribution in [0.4, 0.5) is 5.69 Å². The fraction of sp³-hybridized carbons (Fsp3) is 0.417. The van der Waals surface area contributed by atoms with Crippen LogP contribution in [-0.4, -0.2) is 46.5 Å². The zero-order valence-electron chi connectivity index (χ0n) is 11.7. The molecule has 1 aromatic rings. The van der Waals surface area contributed by atoms with Crippen molar-refractivity contribution in [3.63, 3.8) is 0 Å². The van der Waals surface area contributed by atoms with Gasteiger partial charge in [0, 0.05) is 18.7 Å². The lowest BCUT2D eigenvalue weighted by Crippen LogP contribution is -2.31. The van der Waals surface area contributed by atoms with Crippen molar-refractivity contribution in [3.8, 4) is 11.5 Å². The number of carbonyl (C=O) groups is 1. The number of carboxylic acids is 1. The van der Waals surface area contributed by atoms with Gasteiger partial charge in [0.1, 0.15) is 0 Å². The van der Waals surface area contributed by atoms with Crippen molar-refractivity contribution in [2.24, 2.45) is 0 Å². The molecule has 0 aromatic heterocycles. The van der Waals surface area contributed by atoms with Gasteiger partial charge in [0.05, 0.1) is 31.7 Å². The molecule has 20 heavy (non-hydrogen) atoms. The fourth-order valence-corrected chi connectivity index (χ4v) is 2.81. The van der Waals surface area contributed by atoms with E-state index in [1.807, 2.05) is 0 Å². The van der Waals surface area contributed by atoms with E-state index >= 15 is 0 Å². The van der Waals surface area contributed by atoms with Crippen molar-refractivity contribution in [2.75, 3.05) is 31.3 Å². The maximum Gasteiger partial charge on any atom is 0.337 e. The molecule has 0 saturated heterocycles. The standard InChI is InChI=1S/C12H17NO6S/c1-5-13(20(4,16)17)9-7-11(19-3)10(18-2)6-8(9)12(14)15/h6-7H,5H2,1-4H3,(H,14,15). The topological polar surface area (TPSA) is 93.1 Å². The quantitative estimate of drug-likeness (QED) is 0.848. The van der Waals surface area contributed by atoms with Gasteiger partial charge in [-0.3, -0.25) is 4.31 Å². The van der Waals surface area contributed by atoms with Crippen molar-refractivity contribution >= 4 is 21.7 Å². The summed E-state index contributed by atoms with van der Waals surface area (Å²) in [6.07, 6.45) is 1.01. The Morgan fingerprint density at radius 1 is 1.25 bits per heavy atom. The number of nitrogens with zero attached hydrogens (tertiary/aromatic N) is 1. The second-order valence-corrected chi connectivity index (χ2v) is 5.86. The van der Waals surface area contributed by atoms with Crippen molar-refractivity contribution in [1.29, 1.82) is 0 Å². The van der Waals surface area contributed by atoms with Gasteiger partial charge >= 0.3 is 5.97 Å². The van der Waals surface area contributed by atoms with E-state index in [9.17, 15) is 18.3 Å². The minimum Gasteiger partial charge on any atom is -0.493 e. The van der Waals surface area contributed by atoms with Crippen LogP contribution in [0.2, 0.25) is 0 Å². The summed E-state index contributed by atoms with van der Waals surface area (Å²) in [6, 6.07) is 2.58. The molecule has 1 N–H and O–H groups in total. The summed E-state index contributed by atoms with van der Waals surface area (Å²) in [5.41, 5.74) is -0.130. The zero-order chi connectivity index (χ0) is 15.5. The number of hydrogen-bond donors (Lipinski definition) is 1. The molecular formula is C12H17NO6S. The molecular weight excluding hydrogens is 286 g/mol. The zero-order valence-corrected chi connectivity index (χ0v) is 12.5. The summed E-state index contributed by atoms with van der Waals surface area (Å²) in [5.74, 6) is -0.768. The van der Waals surface area contributed by atoms with Crippen LogP contribution in [0.25, 0.3) is 0 Å². The molecule has 1 rings (SSSR count). The maximum absolute atomic E-state index is 11.8. The van der Waals surface area contributed by atoms with Gasteiger partial charge in [-0.05, 0) is 6.92 Å². The van der Waals surface area contributed by atoms with E-state index in [2.05, 4.69) is 0 Å². The van der Waals surface area contributed by atoms with Gasteiger partial charge in [0.25, 0.3) is 0 Å². The van der Waals surface area contributed by atoms with Crippen molar-refractivity contribution < 1.29 is 27.8 Å². The number of hydrogen-bond acceptors (Lipinski definition) is 5. The Kier molecular flexibility index (Phi) is 4.83. The van der Waals surface area contributed by atoms with Crippen LogP contribution in [0.1, 0.15) is 17.3 Å². The lowest BCUT2D eigenvalue weighted by atomic mass is 10.1. The van der Waals surface area contributed by atoms with Gasteiger partial charge in [0.15, 0.2) is 11.5 Å². The van der Waals surface area contributed by atoms with Gasteiger partial charge in [-0.1, -0.05) is 0 Å². The highest BCUT2D eigenvalue weighted by molar-refractivity contribution is 7.92. The van der Waals surface area contributed by atoms with Gasteiger partial charge in [-0.2, -0.15) is 0 Å². The van der Waals surface area contributed by atoms with E-state index in [4.69, 9.17) is 9.47 Å². The Morgan fingerprint density at radius 2 is 1.75 bits per heavy atom. The van der Waals surface area contributed by atoms with Crippen LogP contribution >= 0.6 is 0 Å². The molecule has 0 amide bonds. The van der Waals surface area contributed by atoms with Crippen LogP contribution in [-0.2, 0) is 10.0 Å². The lowest BCUT2D eigenvalue weighted by Gasteiger charge is -2.23. The van der Waals surface area contributed by atoms with Crippen LogP contribution in [0.15, 0.2) is 12.1 Å². The smallest absolute Gasteiger partial charge is 0.337 e.